The fourth-order valence-electron chi connectivity index (χ4n) is 11.7. The third kappa shape index (κ3) is 5.88. The summed E-state index contributed by atoms with van der Waals surface area (Å²) in [4.78, 5) is 2.42. The van der Waals surface area contributed by atoms with Crippen molar-refractivity contribution in [2.75, 3.05) is 4.90 Å². The Labute approximate surface area is 400 Å². The van der Waals surface area contributed by atoms with Gasteiger partial charge in [0.1, 0.15) is 0 Å². The molecule has 3 heterocycles. The number of rotatable bonds is 7. The molecule has 1 aliphatic carbocycles. The predicted molar refractivity (Wildman–Crippen MR) is 290 cm³/mol. The van der Waals surface area contributed by atoms with E-state index < -0.39 is 0 Å². The summed E-state index contributed by atoms with van der Waals surface area (Å²) in [5, 5.41) is 6.15. The van der Waals surface area contributed by atoms with Gasteiger partial charge < -0.3 is 18.6 Å². The molecule has 0 aliphatic heterocycles. The summed E-state index contributed by atoms with van der Waals surface area (Å²) in [5.41, 5.74) is 20.3. The van der Waals surface area contributed by atoms with Crippen molar-refractivity contribution in [1.82, 2.24) is 13.7 Å². The van der Waals surface area contributed by atoms with E-state index >= 15 is 0 Å². The van der Waals surface area contributed by atoms with Gasteiger partial charge in [0, 0.05) is 72.7 Å². The zero-order valence-corrected chi connectivity index (χ0v) is 38.4. The van der Waals surface area contributed by atoms with Crippen LogP contribution in [0.5, 0.6) is 0 Å². The van der Waals surface area contributed by atoms with E-state index in [0.29, 0.717) is 0 Å². The smallest absolute Gasteiger partial charge is 0.0641 e. The first-order chi connectivity index (χ1) is 34.0. The molecule has 0 unspecified atom stereocenters. The highest BCUT2D eigenvalue weighted by Gasteiger charge is 2.36. The van der Waals surface area contributed by atoms with Crippen molar-refractivity contribution in [2.24, 2.45) is 0 Å². The largest absolute Gasteiger partial charge is 0.316 e. The lowest BCUT2D eigenvalue weighted by atomic mass is 9.82. The average molecular weight is 883 g/mol. The highest BCUT2D eigenvalue weighted by atomic mass is 15.1. The lowest BCUT2D eigenvalue weighted by Crippen LogP contribution is -2.16. The molecule has 4 nitrogen and oxygen atoms in total. The minimum absolute atomic E-state index is 0.127. The minimum Gasteiger partial charge on any atom is -0.316 e. The number of anilines is 3. The molecule has 0 radical (unpaired) electrons. The molecule has 0 fully saturated rings. The molecular formula is C65H46N4. The van der Waals surface area contributed by atoms with Crippen LogP contribution in [0.3, 0.4) is 0 Å². The van der Waals surface area contributed by atoms with Crippen molar-refractivity contribution < 1.29 is 0 Å². The third-order valence-corrected chi connectivity index (χ3v) is 14.9. The van der Waals surface area contributed by atoms with Crippen LogP contribution >= 0.6 is 0 Å². The zero-order chi connectivity index (χ0) is 45.8. The topological polar surface area (TPSA) is 18.0 Å². The Morgan fingerprint density at radius 1 is 0.348 bits per heavy atom. The molecular weight excluding hydrogens is 837 g/mol. The van der Waals surface area contributed by atoms with Crippen LogP contribution < -0.4 is 4.90 Å². The van der Waals surface area contributed by atoms with Gasteiger partial charge in [0.2, 0.25) is 0 Å². The molecule has 13 aromatic rings. The maximum atomic E-state index is 2.50. The van der Waals surface area contributed by atoms with Gasteiger partial charge in [0.05, 0.1) is 27.6 Å². The maximum absolute atomic E-state index is 2.50. The summed E-state index contributed by atoms with van der Waals surface area (Å²) in [5.74, 6) is 0. The van der Waals surface area contributed by atoms with Crippen LogP contribution in [0.4, 0.5) is 17.1 Å². The van der Waals surface area contributed by atoms with Crippen LogP contribution in [0.1, 0.15) is 25.0 Å². The molecule has 4 heteroatoms. The molecule has 3 aromatic heterocycles. The van der Waals surface area contributed by atoms with Gasteiger partial charge in [-0.15, -0.1) is 0 Å². The Morgan fingerprint density at radius 2 is 0.913 bits per heavy atom. The van der Waals surface area contributed by atoms with Crippen molar-refractivity contribution in [1.29, 1.82) is 0 Å². The van der Waals surface area contributed by atoms with Crippen LogP contribution in [-0.4, -0.2) is 13.7 Å². The lowest BCUT2D eigenvalue weighted by molar-refractivity contribution is 0.660. The summed E-state index contributed by atoms with van der Waals surface area (Å²) >= 11 is 0. The fraction of sp³-hybridized carbons (Fsp3) is 0.0462. The van der Waals surface area contributed by atoms with Crippen LogP contribution in [0.25, 0.3) is 93.8 Å². The van der Waals surface area contributed by atoms with Gasteiger partial charge in [0.15, 0.2) is 0 Å². The van der Waals surface area contributed by atoms with E-state index in [1.807, 2.05) is 0 Å². The van der Waals surface area contributed by atoms with Gasteiger partial charge in [-0.25, -0.2) is 0 Å². The quantitative estimate of drug-likeness (QED) is 0.156. The number of fused-ring (bicyclic) bond motifs is 12. The molecule has 0 spiro atoms. The highest BCUT2D eigenvalue weighted by Crippen LogP contribution is 2.51. The molecule has 0 saturated heterocycles. The number of benzene rings is 10. The molecule has 1 aliphatic rings. The van der Waals surface area contributed by atoms with Crippen molar-refractivity contribution >= 4 is 71.6 Å². The van der Waals surface area contributed by atoms with E-state index in [2.05, 4.69) is 275 Å². The molecule has 10 aromatic carbocycles. The normalized spacial score (nSPS) is 12.9. The Morgan fingerprint density at radius 3 is 1.68 bits per heavy atom. The van der Waals surface area contributed by atoms with Crippen molar-refractivity contribution in [2.45, 2.75) is 19.3 Å². The van der Waals surface area contributed by atoms with E-state index in [1.54, 1.807) is 0 Å². The van der Waals surface area contributed by atoms with Crippen LogP contribution in [0.15, 0.2) is 243 Å². The predicted octanol–water partition coefficient (Wildman–Crippen LogP) is 17.3. The molecule has 69 heavy (non-hydrogen) atoms. The summed E-state index contributed by atoms with van der Waals surface area (Å²) in [6.45, 7) is 4.72. The first kappa shape index (κ1) is 39.3. The van der Waals surface area contributed by atoms with Gasteiger partial charge in [-0.3, -0.25) is 0 Å². The van der Waals surface area contributed by atoms with E-state index in [0.717, 1.165) is 34.1 Å². The Bertz CT molecular complexity index is 4120. The maximum Gasteiger partial charge on any atom is 0.0641 e. The monoisotopic (exact) mass is 882 g/mol. The summed E-state index contributed by atoms with van der Waals surface area (Å²) < 4.78 is 7.28. The van der Waals surface area contributed by atoms with Gasteiger partial charge >= 0.3 is 0 Å². The second-order valence-corrected chi connectivity index (χ2v) is 19.0. The van der Waals surface area contributed by atoms with Gasteiger partial charge in [0.25, 0.3) is 0 Å². The third-order valence-electron chi connectivity index (χ3n) is 14.9. The summed E-state index contributed by atoms with van der Waals surface area (Å²) in [6, 6.07) is 86.8. The number of hydrogen-bond acceptors (Lipinski definition) is 1. The molecule has 326 valence electrons. The molecule has 14 rings (SSSR count). The van der Waals surface area contributed by atoms with E-state index in [9.17, 15) is 0 Å². The first-order valence-corrected chi connectivity index (χ1v) is 23.9. The van der Waals surface area contributed by atoms with Crippen molar-refractivity contribution in [3.05, 3.63) is 254 Å². The zero-order valence-electron chi connectivity index (χ0n) is 38.4. The van der Waals surface area contributed by atoms with Gasteiger partial charge in [-0.2, -0.15) is 0 Å². The molecule has 0 N–H and O–H groups in total. The Hall–Kier alpha value is -8.86. The van der Waals surface area contributed by atoms with Crippen LogP contribution in [-0.2, 0) is 5.41 Å². The highest BCUT2D eigenvalue weighted by molar-refractivity contribution is 6.29. The molecule has 0 bridgehead atoms. The van der Waals surface area contributed by atoms with Crippen molar-refractivity contribution in [3.63, 3.8) is 0 Å². The first-order valence-electron chi connectivity index (χ1n) is 23.9. The molecule has 0 atom stereocenters. The van der Waals surface area contributed by atoms with Crippen LogP contribution in [0.2, 0.25) is 0 Å². The molecule has 0 saturated carbocycles. The van der Waals surface area contributed by atoms with Gasteiger partial charge in [-0.05, 0) is 137 Å². The Balaban J connectivity index is 0.976. The SMILES string of the molecule is CC1(C)c2ccccc2-c2ccc(N(c3ccc(-c4ccccc4)cc3)c3ccc(-n4c5ccccc5c5ccc6c(c7ccc8c(ccn8-c8ccccc8)c7n6-c6ccccc6)c54)cc3)cc21. The fourth-order valence-corrected chi connectivity index (χ4v) is 11.7. The lowest BCUT2D eigenvalue weighted by Gasteiger charge is -2.28. The second-order valence-electron chi connectivity index (χ2n) is 19.0. The molecule has 0 amide bonds. The number of hydrogen-bond donors (Lipinski definition) is 0. The van der Waals surface area contributed by atoms with E-state index in [1.165, 1.54) is 87.9 Å². The average Bonchev–Trinajstić information content (AvgIpc) is 4.15. The standard InChI is InChI=1S/C65H46N4/c1-65(2)57-24-14-12-22-51(57)52-35-34-50(42-58(52)65)67(47-28-26-44(27-29-47)43-16-6-3-7-17-43)48-30-32-49(33-31-48)68-60-25-15-13-23-53(60)54-36-39-61-62(64(54)68)56-37-38-59-55(40-41-66(59)45-18-8-4-9-19-45)63(56)69(61)46-20-10-5-11-21-46/h3-42H,1-2H3. The minimum atomic E-state index is -0.127. The number of para-hydroxylation sites is 3. The summed E-state index contributed by atoms with van der Waals surface area (Å²) in [6.07, 6.45) is 2.21. The van der Waals surface area contributed by atoms with E-state index in [4.69, 9.17) is 0 Å². The van der Waals surface area contributed by atoms with Crippen molar-refractivity contribution in [3.8, 4) is 39.3 Å². The number of nitrogens with zero attached hydrogens (tertiary/aromatic N) is 4. The second kappa shape index (κ2) is 15.1. The summed E-state index contributed by atoms with van der Waals surface area (Å²) in [7, 11) is 0. The van der Waals surface area contributed by atoms with E-state index in [-0.39, 0.29) is 5.41 Å². The number of aromatic nitrogens is 3. The Kier molecular flexibility index (Phi) is 8.59. The van der Waals surface area contributed by atoms with Crippen LogP contribution in [0, 0.1) is 0 Å². The van der Waals surface area contributed by atoms with Gasteiger partial charge in [-0.1, -0.05) is 147 Å².